The molecule has 0 aliphatic carbocycles. The fourth-order valence-electron chi connectivity index (χ4n) is 2.73. The number of rotatable bonds is 6. The van der Waals surface area contributed by atoms with Gasteiger partial charge in [-0.25, -0.2) is 4.39 Å². The van der Waals surface area contributed by atoms with E-state index < -0.39 is 0 Å². The van der Waals surface area contributed by atoms with Crippen molar-refractivity contribution in [3.8, 4) is 0 Å². The number of carbonyl (C=O) groups excluding carboxylic acids is 2. The summed E-state index contributed by atoms with van der Waals surface area (Å²) in [7, 11) is 0. The largest absolute Gasteiger partial charge is 0.379 e. The molecule has 1 heterocycles. The molecule has 0 bridgehead atoms. The van der Waals surface area contributed by atoms with E-state index in [-0.39, 0.29) is 17.6 Å². The first-order valence-electron chi connectivity index (χ1n) is 9.03. The molecule has 2 aromatic rings. The Labute approximate surface area is 163 Å². The predicted molar refractivity (Wildman–Crippen MR) is 106 cm³/mol. The maximum atomic E-state index is 12.9. The molecule has 1 saturated heterocycles. The van der Waals surface area contributed by atoms with Crippen molar-refractivity contribution < 1.29 is 18.7 Å². The topological polar surface area (TPSA) is 70.7 Å². The van der Waals surface area contributed by atoms with Crippen LogP contribution in [0.4, 0.5) is 15.8 Å². The lowest BCUT2D eigenvalue weighted by Crippen LogP contribution is -2.41. The summed E-state index contributed by atoms with van der Waals surface area (Å²) in [6, 6.07) is 12.8. The highest BCUT2D eigenvalue weighted by atomic mass is 19.1. The number of halogens is 1. The normalized spacial score (nSPS) is 14.8. The van der Waals surface area contributed by atoms with Gasteiger partial charge in [0, 0.05) is 30.5 Å². The molecule has 7 heteroatoms. The third kappa shape index (κ3) is 6.29. The van der Waals surface area contributed by atoms with Crippen molar-refractivity contribution in [2.45, 2.75) is 0 Å². The average molecular weight is 383 g/mol. The highest BCUT2D eigenvalue weighted by Crippen LogP contribution is 2.14. The number of ether oxygens (including phenoxy) is 1. The number of hydrogen-bond acceptors (Lipinski definition) is 4. The summed E-state index contributed by atoms with van der Waals surface area (Å²) in [5.74, 6) is -0.701. The Morgan fingerprint density at radius 2 is 1.57 bits per heavy atom. The van der Waals surface area contributed by atoms with Gasteiger partial charge in [-0.2, -0.15) is 0 Å². The van der Waals surface area contributed by atoms with Gasteiger partial charge in [0.1, 0.15) is 5.82 Å². The molecule has 2 amide bonds. The summed E-state index contributed by atoms with van der Waals surface area (Å²) in [6.07, 6.45) is 2.99. The van der Waals surface area contributed by atoms with Crippen molar-refractivity contribution in [1.29, 1.82) is 0 Å². The fraction of sp³-hybridized carbons (Fsp3) is 0.238. The lowest BCUT2D eigenvalue weighted by Gasteiger charge is -2.25. The Balaban J connectivity index is 1.47. The fourth-order valence-corrected chi connectivity index (χ4v) is 2.73. The highest BCUT2D eigenvalue weighted by molar-refractivity contribution is 6.02. The van der Waals surface area contributed by atoms with E-state index in [0.29, 0.717) is 31.1 Å². The van der Waals surface area contributed by atoms with Gasteiger partial charge >= 0.3 is 0 Å². The van der Waals surface area contributed by atoms with Gasteiger partial charge in [-0.1, -0.05) is 12.1 Å². The molecule has 146 valence electrons. The molecule has 1 aliphatic rings. The number of carbonyl (C=O) groups is 2. The van der Waals surface area contributed by atoms with Crippen LogP contribution in [0.5, 0.6) is 0 Å². The van der Waals surface area contributed by atoms with E-state index in [0.717, 1.165) is 18.7 Å². The smallest absolute Gasteiger partial charge is 0.248 e. The van der Waals surface area contributed by atoms with Crippen LogP contribution in [-0.2, 0) is 14.3 Å². The van der Waals surface area contributed by atoms with Crippen molar-refractivity contribution in [1.82, 2.24) is 4.90 Å². The van der Waals surface area contributed by atoms with E-state index in [1.807, 2.05) is 4.90 Å². The first-order chi connectivity index (χ1) is 13.6. The summed E-state index contributed by atoms with van der Waals surface area (Å²) in [6.45, 7) is 3.14. The van der Waals surface area contributed by atoms with Crippen molar-refractivity contribution >= 4 is 29.3 Å². The third-order valence-electron chi connectivity index (χ3n) is 4.20. The van der Waals surface area contributed by atoms with Crippen LogP contribution in [0.15, 0.2) is 54.6 Å². The minimum Gasteiger partial charge on any atom is -0.379 e. The third-order valence-corrected chi connectivity index (χ3v) is 4.20. The number of amides is 2. The van der Waals surface area contributed by atoms with E-state index in [9.17, 15) is 14.0 Å². The second-order valence-electron chi connectivity index (χ2n) is 6.39. The van der Waals surface area contributed by atoms with Gasteiger partial charge < -0.3 is 15.4 Å². The van der Waals surface area contributed by atoms with Gasteiger partial charge in [-0.15, -0.1) is 0 Å². The highest BCUT2D eigenvalue weighted by Gasteiger charge is 2.14. The molecule has 1 aliphatic heterocycles. The molecular weight excluding hydrogens is 361 g/mol. The zero-order valence-corrected chi connectivity index (χ0v) is 15.4. The summed E-state index contributed by atoms with van der Waals surface area (Å²) in [4.78, 5) is 26.1. The number of benzene rings is 2. The van der Waals surface area contributed by atoms with Gasteiger partial charge in [0.05, 0.1) is 19.8 Å². The van der Waals surface area contributed by atoms with Gasteiger partial charge in [-0.3, -0.25) is 14.5 Å². The van der Waals surface area contributed by atoms with Crippen molar-refractivity contribution in [2.75, 3.05) is 43.5 Å². The van der Waals surface area contributed by atoms with Crippen LogP contribution in [0, 0.1) is 5.82 Å². The van der Waals surface area contributed by atoms with Gasteiger partial charge in [0.2, 0.25) is 11.8 Å². The molecule has 28 heavy (non-hydrogen) atoms. The Kier molecular flexibility index (Phi) is 6.89. The van der Waals surface area contributed by atoms with E-state index in [2.05, 4.69) is 10.6 Å². The molecule has 6 nitrogen and oxygen atoms in total. The lowest BCUT2D eigenvalue weighted by atomic mass is 10.2. The second-order valence-corrected chi connectivity index (χ2v) is 6.39. The van der Waals surface area contributed by atoms with E-state index >= 15 is 0 Å². The maximum Gasteiger partial charge on any atom is 0.248 e. The molecule has 0 unspecified atom stereocenters. The van der Waals surface area contributed by atoms with Gasteiger partial charge in [0.25, 0.3) is 0 Å². The summed E-state index contributed by atoms with van der Waals surface area (Å²) in [5.41, 5.74) is 2.01. The summed E-state index contributed by atoms with van der Waals surface area (Å²) in [5, 5.41) is 5.58. The van der Waals surface area contributed by atoms with Crippen LogP contribution in [0.1, 0.15) is 5.56 Å². The molecule has 2 aromatic carbocycles. The van der Waals surface area contributed by atoms with Crippen LogP contribution < -0.4 is 10.6 Å². The molecule has 0 radical (unpaired) electrons. The lowest BCUT2D eigenvalue weighted by molar-refractivity contribution is -0.118. The SMILES string of the molecule is O=C(/C=C/c1ccc(F)cc1)Nc1ccc(NC(=O)CN2CCOCC2)cc1. The van der Waals surface area contributed by atoms with Crippen LogP contribution in [0.25, 0.3) is 6.08 Å². The molecule has 1 fully saturated rings. The molecule has 0 spiro atoms. The number of anilines is 2. The van der Waals surface area contributed by atoms with Crippen LogP contribution >= 0.6 is 0 Å². The zero-order chi connectivity index (χ0) is 19.8. The molecule has 0 aromatic heterocycles. The minimum absolute atomic E-state index is 0.0825. The van der Waals surface area contributed by atoms with Crippen LogP contribution in [0.3, 0.4) is 0 Å². The zero-order valence-electron chi connectivity index (χ0n) is 15.4. The van der Waals surface area contributed by atoms with E-state index in [1.54, 1.807) is 42.5 Å². The first-order valence-corrected chi connectivity index (χ1v) is 9.03. The maximum absolute atomic E-state index is 12.9. The van der Waals surface area contributed by atoms with Gasteiger partial charge in [0.15, 0.2) is 0 Å². The number of nitrogens with zero attached hydrogens (tertiary/aromatic N) is 1. The molecule has 0 saturated carbocycles. The van der Waals surface area contributed by atoms with Crippen molar-refractivity contribution in [2.24, 2.45) is 0 Å². The van der Waals surface area contributed by atoms with Gasteiger partial charge in [-0.05, 0) is 48.0 Å². The summed E-state index contributed by atoms with van der Waals surface area (Å²) >= 11 is 0. The number of hydrogen-bond donors (Lipinski definition) is 2. The van der Waals surface area contributed by atoms with E-state index in [4.69, 9.17) is 4.74 Å². The number of nitrogens with one attached hydrogen (secondary N) is 2. The first kappa shape index (κ1) is 19.7. The number of morpholine rings is 1. The van der Waals surface area contributed by atoms with Crippen LogP contribution in [-0.4, -0.2) is 49.6 Å². The monoisotopic (exact) mass is 383 g/mol. The Bertz CT molecular complexity index is 829. The molecule has 2 N–H and O–H groups in total. The predicted octanol–water partition coefficient (Wildman–Crippen LogP) is 2.75. The Hall–Kier alpha value is -3.03. The standard InChI is InChI=1S/C21H22FN3O3/c22-17-4-1-16(2-5-17)3-10-20(26)23-18-6-8-19(9-7-18)24-21(27)15-25-11-13-28-14-12-25/h1-10H,11-15H2,(H,23,26)(H,24,27)/b10-3+. The molecular formula is C21H22FN3O3. The minimum atomic E-state index is -0.321. The molecule has 3 rings (SSSR count). The molecule has 0 atom stereocenters. The Morgan fingerprint density at radius 1 is 0.964 bits per heavy atom. The van der Waals surface area contributed by atoms with E-state index in [1.165, 1.54) is 18.2 Å². The van der Waals surface area contributed by atoms with Crippen molar-refractivity contribution in [3.05, 3.63) is 66.0 Å². The Morgan fingerprint density at radius 3 is 2.21 bits per heavy atom. The quantitative estimate of drug-likeness (QED) is 0.753. The van der Waals surface area contributed by atoms with Crippen molar-refractivity contribution in [3.63, 3.8) is 0 Å². The van der Waals surface area contributed by atoms with Crippen LogP contribution in [0.2, 0.25) is 0 Å². The average Bonchev–Trinajstić information content (AvgIpc) is 2.70. The second kappa shape index (κ2) is 9.77. The summed E-state index contributed by atoms with van der Waals surface area (Å²) < 4.78 is 18.1.